The number of aromatic hydroxyl groups is 1. The molecule has 4 heterocycles. The Hall–Kier alpha value is -3.61. The summed E-state index contributed by atoms with van der Waals surface area (Å²) in [6, 6.07) is 11.0. The second kappa shape index (κ2) is 7.67. The Kier molecular flexibility index (Phi) is 4.71. The van der Waals surface area contributed by atoms with Crippen LogP contribution in [0.2, 0.25) is 0 Å². The number of nitrogens with zero attached hydrogens (tertiary/aromatic N) is 5. The zero-order valence-corrected chi connectivity index (χ0v) is 16.6. The van der Waals surface area contributed by atoms with Gasteiger partial charge >= 0.3 is 0 Å². The first-order valence-electron chi connectivity index (χ1n) is 10.2. The van der Waals surface area contributed by atoms with Crippen molar-refractivity contribution in [3.05, 3.63) is 72.4 Å². The second-order valence-electron chi connectivity index (χ2n) is 7.75. The van der Waals surface area contributed by atoms with Crippen molar-refractivity contribution in [2.45, 2.75) is 25.8 Å². The lowest BCUT2D eigenvalue weighted by Gasteiger charge is -2.26. The molecule has 0 unspecified atom stereocenters. The van der Waals surface area contributed by atoms with Crippen molar-refractivity contribution in [1.29, 1.82) is 0 Å². The van der Waals surface area contributed by atoms with Crippen molar-refractivity contribution < 1.29 is 9.90 Å². The topological polar surface area (TPSA) is 76.2 Å². The number of phenols is 1. The maximum Gasteiger partial charge on any atom is 0.255 e. The number of aromatic nitrogens is 4. The van der Waals surface area contributed by atoms with E-state index in [0.29, 0.717) is 12.1 Å². The Balaban J connectivity index is 1.38. The molecule has 7 heteroatoms. The lowest BCUT2D eigenvalue weighted by Crippen LogP contribution is -2.35. The van der Waals surface area contributed by atoms with Crippen LogP contribution in [0, 0.1) is 0 Å². The van der Waals surface area contributed by atoms with Gasteiger partial charge < -0.3 is 14.6 Å². The first-order valence-corrected chi connectivity index (χ1v) is 10.2. The van der Waals surface area contributed by atoms with E-state index < -0.39 is 0 Å². The van der Waals surface area contributed by atoms with Gasteiger partial charge in [-0.2, -0.15) is 0 Å². The first kappa shape index (κ1) is 18.4. The van der Waals surface area contributed by atoms with Crippen LogP contribution in [0.5, 0.6) is 5.75 Å². The van der Waals surface area contributed by atoms with Gasteiger partial charge in [0, 0.05) is 43.6 Å². The summed E-state index contributed by atoms with van der Waals surface area (Å²) in [5.74, 6) is 1.09. The normalized spacial score (nSPS) is 14.3. The van der Waals surface area contributed by atoms with E-state index in [0.717, 1.165) is 48.3 Å². The number of amides is 1. The third-order valence-electron chi connectivity index (χ3n) is 5.58. The molecule has 1 N–H and O–H groups in total. The van der Waals surface area contributed by atoms with Gasteiger partial charge in [0.2, 0.25) is 0 Å². The average Bonchev–Trinajstić information content (AvgIpc) is 3.41. The second-order valence-corrected chi connectivity index (χ2v) is 7.75. The summed E-state index contributed by atoms with van der Waals surface area (Å²) >= 11 is 0. The Labute approximate surface area is 174 Å². The molecular formula is C23H23N5O2. The van der Waals surface area contributed by atoms with E-state index in [1.54, 1.807) is 24.7 Å². The first-order chi connectivity index (χ1) is 14.7. The number of carbonyl (C=O) groups excluding carboxylic acids is 1. The molecule has 7 nitrogen and oxygen atoms in total. The Morgan fingerprint density at radius 3 is 2.63 bits per heavy atom. The lowest BCUT2D eigenvalue weighted by atomic mass is 10.1. The van der Waals surface area contributed by atoms with Crippen LogP contribution in [0.1, 0.15) is 35.2 Å². The van der Waals surface area contributed by atoms with Crippen molar-refractivity contribution in [2.24, 2.45) is 0 Å². The Morgan fingerprint density at radius 1 is 1.03 bits per heavy atom. The highest BCUT2D eigenvalue weighted by molar-refractivity contribution is 5.97. The molecule has 152 valence electrons. The van der Waals surface area contributed by atoms with Crippen LogP contribution in [0.3, 0.4) is 0 Å². The van der Waals surface area contributed by atoms with E-state index in [9.17, 15) is 9.90 Å². The number of carbonyl (C=O) groups is 1. The van der Waals surface area contributed by atoms with Crippen LogP contribution in [0.4, 0.5) is 0 Å². The fourth-order valence-corrected chi connectivity index (χ4v) is 3.98. The average molecular weight is 401 g/mol. The van der Waals surface area contributed by atoms with Crippen LogP contribution in [0.15, 0.2) is 61.3 Å². The highest BCUT2D eigenvalue weighted by atomic mass is 16.3. The number of piperidine rings is 1. The van der Waals surface area contributed by atoms with Gasteiger partial charge in [-0.05, 0) is 49.1 Å². The van der Waals surface area contributed by atoms with Gasteiger partial charge in [0.15, 0.2) is 5.82 Å². The van der Waals surface area contributed by atoms with Gasteiger partial charge in [-0.1, -0.05) is 12.1 Å². The molecule has 1 aliphatic rings. The van der Waals surface area contributed by atoms with Crippen LogP contribution in [-0.4, -0.2) is 48.1 Å². The van der Waals surface area contributed by atoms with E-state index in [2.05, 4.69) is 9.97 Å². The van der Waals surface area contributed by atoms with Gasteiger partial charge in [-0.15, -0.1) is 0 Å². The minimum atomic E-state index is 0.0648. The SMILES string of the molecule is O=C(c1cnc2c(ccn2-c2cn(Cc3ccc(O)cc3)cn2)c1)N1CCCCC1. The van der Waals surface area contributed by atoms with Crippen molar-refractivity contribution in [2.75, 3.05) is 13.1 Å². The number of benzene rings is 1. The van der Waals surface area contributed by atoms with Crippen molar-refractivity contribution >= 4 is 16.9 Å². The van der Waals surface area contributed by atoms with E-state index in [1.165, 1.54) is 6.42 Å². The highest BCUT2D eigenvalue weighted by Gasteiger charge is 2.19. The monoisotopic (exact) mass is 401 g/mol. The molecule has 0 spiro atoms. The predicted octanol–water partition coefficient (Wildman–Crippen LogP) is 3.60. The molecule has 1 saturated heterocycles. The van der Waals surface area contributed by atoms with E-state index in [-0.39, 0.29) is 11.7 Å². The molecule has 0 saturated carbocycles. The number of pyridine rings is 1. The standard InChI is InChI=1S/C23H23N5O2/c29-20-6-4-17(5-7-20)14-26-15-21(25-16-26)28-11-8-18-12-19(13-24-22(18)28)23(30)27-9-2-1-3-10-27/h4-8,11-13,15-16,29H,1-3,9-10,14H2. The maximum atomic E-state index is 12.8. The van der Waals surface area contributed by atoms with E-state index in [1.807, 2.05) is 50.7 Å². The van der Waals surface area contributed by atoms with Gasteiger partial charge in [0.05, 0.1) is 11.9 Å². The van der Waals surface area contributed by atoms with Gasteiger partial charge in [-0.3, -0.25) is 9.36 Å². The lowest BCUT2D eigenvalue weighted by molar-refractivity contribution is 0.0724. The summed E-state index contributed by atoms with van der Waals surface area (Å²) < 4.78 is 3.92. The van der Waals surface area contributed by atoms with Crippen LogP contribution in [-0.2, 0) is 6.54 Å². The summed E-state index contributed by atoms with van der Waals surface area (Å²) in [7, 11) is 0. The summed E-state index contributed by atoms with van der Waals surface area (Å²) in [6.07, 6.45) is 10.7. The molecule has 1 fully saturated rings. The maximum absolute atomic E-state index is 12.8. The smallest absolute Gasteiger partial charge is 0.255 e. The van der Waals surface area contributed by atoms with Crippen LogP contribution < -0.4 is 0 Å². The Bertz CT molecular complexity index is 1190. The minimum Gasteiger partial charge on any atom is -0.508 e. The summed E-state index contributed by atoms with van der Waals surface area (Å²) in [5.41, 5.74) is 2.49. The molecule has 5 rings (SSSR count). The molecule has 0 aliphatic carbocycles. The number of rotatable bonds is 4. The van der Waals surface area contributed by atoms with Crippen molar-refractivity contribution in [1.82, 2.24) is 24.0 Å². The summed E-state index contributed by atoms with van der Waals surface area (Å²) in [5, 5.41) is 10.3. The van der Waals surface area contributed by atoms with Gasteiger partial charge in [0.25, 0.3) is 5.91 Å². The van der Waals surface area contributed by atoms with Crippen molar-refractivity contribution in [3.63, 3.8) is 0 Å². The quantitative estimate of drug-likeness (QED) is 0.567. The Morgan fingerprint density at radius 2 is 1.83 bits per heavy atom. The predicted molar refractivity (Wildman–Crippen MR) is 114 cm³/mol. The molecule has 0 bridgehead atoms. The minimum absolute atomic E-state index is 0.0648. The molecular weight excluding hydrogens is 378 g/mol. The van der Waals surface area contributed by atoms with Crippen molar-refractivity contribution in [3.8, 4) is 11.6 Å². The fraction of sp³-hybridized carbons (Fsp3) is 0.261. The number of hydrogen-bond acceptors (Lipinski definition) is 4. The fourth-order valence-electron chi connectivity index (χ4n) is 3.98. The molecule has 1 aliphatic heterocycles. The number of fused-ring (bicyclic) bond motifs is 1. The van der Waals surface area contributed by atoms with Gasteiger partial charge in [-0.25, -0.2) is 9.97 Å². The molecule has 0 atom stereocenters. The largest absolute Gasteiger partial charge is 0.508 e. The number of phenolic OH excluding ortho intramolecular Hbond substituents is 1. The molecule has 30 heavy (non-hydrogen) atoms. The molecule has 4 aromatic rings. The molecule has 0 radical (unpaired) electrons. The zero-order chi connectivity index (χ0) is 20.5. The third-order valence-corrected chi connectivity index (χ3v) is 5.58. The van der Waals surface area contributed by atoms with Crippen LogP contribution in [0.25, 0.3) is 16.9 Å². The zero-order valence-electron chi connectivity index (χ0n) is 16.6. The molecule has 1 aromatic carbocycles. The highest BCUT2D eigenvalue weighted by Crippen LogP contribution is 2.21. The number of hydrogen-bond donors (Lipinski definition) is 1. The summed E-state index contributed by atoms with van der Waals surface area (Å²) in [6.45, 7) is 2.32. The number of likely N-dealkylation sites (tertiary alicyclic amines) is 1. The van der Waals surface area contributed by atoms with Crippen LogP contribution >= 0.6 is 0 Å². The van der Waals surface area contributed by atoms with E-state index in [4.69, 9.17) is 0 Å². The summed E-state index contributed by atoms with van der Waals surface area (Å²) in [4.78, 5) is 23.8. The third kappa shape index (κ3) is 3.54. The molecule has 3 aromatic heterocycles. The number of imidazole rings is 1. The van der Waals surface area contributed by atoms with Gasteiger partial charge in [0.1, 0.15) is 11.4 Å². The molecule has 1 amide bonds. The van der Waals surface area contributed by atoms with E-state index >= 15 is 0 Å².